The normalized spacial score (nSPS) is 14.0. The smallest absolute Gasteiger partial charge is 0.248 e. The Bertz CT molecular complexity index is 675. The van der Waals surface area contributed by atoms with Crippen molar-refractivity contribution < 1.29 is 27.9 Å². The van der Waals surface area contributed by atoms with Crippen LogP contribution < -0.4 is 0 Å². The number of rotatable bonds is 41. The van der Waals surface area contributed by atoms with Gasteiger partial charge < -0.3 is 27.9 Å². The molecule has 0 radical (unpaired) electrons. The summed E-state index contributed by atoms with van der Waals surface area (Å²) >= 11 is 0. The minimum atomic E-state index is -3.13. The molecule has 0 amide bonds. The van der Waals surface area contributed by atoms with Crippen LogP contribution in [0.2, 0.25) is 0 Å². The maximum absolute atomic E-state index is 10.3. The lowest BCUT2D eigenvalue weighted by Gasteiger charge is -2.21. The first-order valence-corrected chi connectivity index (χ1v) is 24.4. The second-order valence-corrected chi connectivity index (χ2v) is 17.8. The molecular weight excluding hydrogens is 650 g/mol. The zero-order valence-corrected chi connectivity index (χ0v) is 34.1. The second-order valence-electron chi connectivity index (χ2n) is 14.2. The van der Waals surface area contributed by atoms with Crippen LogP contribution >= 0.6 is 15.1 Å². The molecule has 2 atom stereocenters. The van der Waals surface area contributed by atoms with E-state index in [0.717, 1.165) is 25.7 Å². The second kappa shape index (κ2) is 39.6. The van der Waals surface area contributed by atoms with Gasteiger partial charge in [0.15, 0.2) is 0 Å². The van der Waals surface area contributed by atoms with Gasteiger partial charge in [-0.2, -0.15) is 0 Å². The van der Waals surface area contributed by atoms with Crippen LogP contribution in [0.4, 0.5) is 0 Å². The molecule has 0 aliphatic carbocycles. The van der Waals surface area contributed by atoms with Crippen LogP contribution in [0.3, 0.4) is 0 Å². The molecule has 2 unspecified atom stereocenters. The van der Waals surface area contributed by atoms with Crippen molar-refractivity contribution in [1.82, 2.24) is 0 Å². The van der Waals surface area contributed by atoms with E-state index in [9.17, 15) is 9.79 Å². The molecule has 0 saturated heterocycles. The Labute approximate surface area is 308 Å². The molecule has 0 rings (SSSR count). The highest BCUT2D eigenvalue weighted by Crippen LogP contribution is 2.45. The predicted molar refractivity (Wildman–Crippen MR) is 222 cm³/mol. The van der Waals surface area contributed by atoms with E-state index >= 15 is 0 Å². The highest BCUT2D eigenvalue weighted by atomic mass is 31.2. The summed E-state index contributed by atoms with van der Waals surface area (Å²) in [5.41, 5.74) is 0. The van der Waals surface area contributed by atoms with E-state index in [1.807, 2.05) is 0 Å². The van der Waals surface area contributed by atoms with Crippen LogP contribution in [0.25, 0.3) is 0 Å². The molecule has 49 heavy (non-hydrogen) atoms. The summed E-state index contributed by atoms with van der Waals surface area (Å²) in [7, 11) is -6.26. The number of hydrogen-bond acceptors (Lipinski definition) is 6. The minimum Gasteiger partial charge on any atom is -0.333 e. The quantitative estimate of drug-likeness (QED) is 0.0480. The Morgan fingerprint density at radius 3 is 0.673 bits per heavy atom. The van der Waals surface area contributed by atoms with Crippen molar-refractivity contribution in [2.24, 2.45) is 0 Å². The molecule has 0 fully saturated rings. The summed E-state index contributed by atoms with van der Waals surface area (Å²) in [5, 5.41) is 0. The molecular formula is C41H88O6P2. The predicted octanol–water partition coefficient (Wildman–Crippen LogP) is 14.6. The van der Waals surface area contributed by atoms with Crippen molar-refractivity contribution in [3.63, 3.8) is 0 Å². The van der Waals surface area contributed by atoms with E-state index in [4.69, 9.17) is 18.1 Å². The van der Waals surface area contributed by atoms with Crippen LogP contribution in [0.5, 0.6) is 0 Å². The third-order valence-corrected chi connectivity index (χ3v) is 11.6. The number of hydrogen-bond donors (Lipinski definition) is 2. The van der Waals surface area contributed by atoms with E-state index in [2.05, 4.69) is 26.4 Å². The van der Waals surface area contributed by atoms with Gasteiger partial charge in [-0.3, -0.25) is 0 Å². The topological polar surface area (TPSA) is 77.4 Å². The fourth-order valence-corrected chi connectivity index (χ4v) is 7.85. The summed E-state index contributed by atoms with van der Waals surface area (Å²) in [4.78, 5) is 20.7. The molecule has 0 aromatic rings. The molecule has 0 saturated carbocycles. The standard InChI is InChI=1S/C40H84O6P2.CH4/c1-5-7-9-11-13-15-17-19-21-23-25-27-29-31-33-35-37-43-47(3,41)45-39-40-46-48(4,42)44-38-36-34-32-30-28-26-24-22-20-18-16-14-12-10-8-6-2;/h41-42H,3-40H2,1-2H3;1H4. The third kappa shape index (κ3) is 42.7. The monoisotopic (exact) mass is 739 g/mol. The highest BCUT2D eigenvalue weighted by Gasteiger charge is 2.15. The van der Waals surface area contributed by atoms with Gasteiger partial charge in [-0.15, -0.1) is 0 Å². The average Bonchev–Trinajstić information content (AvgIpc) is 3.06. The van der Waals surface area contributed by atoms with E-state index in [1.54, 1.807) is 0 Å². The summed E-state index contributed by atoms with van der Waals surface area (Å²) < 4.78 is 21.9. The van der Waals surface area contributed by atoms with Crippen molar-refractivity contribution >= 4 is 27.7 Å². The van der Waals surface area contributed by atoms with Crippen LogP contribution in [-0.4, -0.2) is 48.8 Å². The Kier molecular flexibility index (Phi) is 41.6. The lowest BCUT2D eigenvalue weighted by molar-refractivity contribution is 0.139. The summed E-state index contributed by atoms with van der Waals surface area (Å²) in [6.07, 6.45) is 49.7. The minimum absolute atomic E-state index is 0. The van der Waals surface area contributed by atoms with Crippen molar-refractivity contribution in [1.29, 1.82) is 0 Å². The Balaban J connectivity index is 0. The molecule has 298 valence electrons. The zero-order chi connectivity index (χ0) is 35.3. The molecule has 0 aliphatic heterocycles. The van der Waals surface area contributed by atoms with Gasteiger partial charge in [0.25, 0.3) is 0 Å². The summed E-state index contributed by atoms with van der Waals surface area (Å²) in [6.45, 7) is 5.60. The van der Waals surface area contributed by atoms with Gasteiger partial charge in [-0.05, 0) is 25.4 Å². The third-order valence-electron chi connectivity index (χ3n) is 9.25. The van der Waals surface area contributed by atoms with E-state index < -0.39 is 15.1 Å². The van der Waals surface area contributed by atoms with Gasteiger partial charge >= 0.3 is 0 Å². The van der Waals surface area contributed by atoms with Gasteiger partial charge in [-0.25, -0.2) is 0 Å². The lowest BCUT2D eigenvalue weighted by Crippen LogP contribution is -2.06. The fraction of sp³-hybridized carbons (Fsp3) is 0.951. The molecule has 2 N–H and O–H groups in total. The summed E-state index contributed by atoms with van der Waals surface area (Å²) in [5.74, 6) is 0. The highest BCUT2D eigenvalue weighted by molar-refractivity contribution is 7.59. The molecule has 0 bridgehead atoms. The molecule has 0 aliphatic rings. The Hall–Kier alpha value is 0.360. The van der Waals surface area contributed by atoms with Crippen molar-refractivity contribution in [2.45, 2.75) is 227 Å². The SMILES string of the molecule is C.C=P(O)(OCCCCCCCCCCCCCCCCCC)OCCOP(=C)(O)OCCCCCCCCCCCCCCCCCC. The summed E-state index contributed by atoms with van der Waals surface area (Å²) in [6, 6.07) is 0. The molecule has 6 nitrogen and oxygen atoms in total. The van der Waals surface area contributed by atoms with Crippen molar-refractivity contribution in [3.05, 3.63) is 0 Å². The van der Waals surface area contributed by atoms with Crippen molar-refractivity contribution in [2.75, 3.05) is 26.4 Å². The first-order valence-electron chi connectivity index (χ1n) is 20.8. The van der Waals surface area contributed by atoms with Crippen molar-refractivity contribution in [3.8, 4) is 0 Å². The van der Waals surface area contributed by atoms with E-state index in [0.29, 0.717) is 13.2 Å². The van der Waals surface area contributed by atoms with Crippen LogP contribution in [0.15, 0.2) is 0 Å². The largest absolute Gasteiger partial charge is 0.333 e. The van der Waals surface area contributed by atoms with E-state index in [-0.39, 0.29) is 20.6 Å². The van der Waals surface area contributed by atoms with Gasteiger partial charge in [0.05, 0.1) is 26.4 Å². The Morgan fingerprint density at radius 1 is 0.306 bits per heavy atom. The Morgan fingerprint density at radius 2 is 0.469 bits per heavy atom. The zero-order valence-electron chi connectivity index (χ0n) is 32.3. The first-order chi connectivity index (χ1) is 23.3. The van der Waals surface area contributed by atoms with Crippen LogP contribution in [0.1, 0.15) is 227 Å². The van der Waals surface area contributed by atoms with Gasteiger partial charge in [0.1, 0.15) is 0 Å². The molecule has 8 heteroatoms. The molecule has 0 aromatic carbocycles. The number of unbranched alkanes of at least 4 members (excludes halogenated alkanes) is 30. The molecule has 0 heterocycles. The lowest BCUT2D eigenvalue weighted by atomic mass is 10.0. The van der Waals surface area contributed by atoms with Gasteiger partial charge in [0.2, 0.25) is 15.1 Å². The first kappa shape index (κ1) is 51.5. The average molecular weight is 739 g/mol. The van der Waals surface area contributed by atoms with Gasteiger partial charge in [0, 0.05) is 0 Å². The maximum Gasteiger partial charge on any atom is 0.248 e. The van der Waals surface area contributed by atoms with Crippen LogP contribution in [0, 0.1) is 0 Å². The maximum atomic E-state index is 10.3. The molecule has 0 aromatic heterocycles. The van der Waals surface area contributed by atoms with Crippen LogP contribution in [-0.2, 0) is 18.1 Å². The van der Waals surface area contributed by atoms with Gasteiger partial charge in [-0.1, -0.05) is 214 Å². The molecule has 0 spiro atoms. The van der Waals surface area contributed by atoms with E-state index in [1.165, 1.54) is 180 Å². The fourth-order valence-electron chi connectivity index (χ4n) is 6.15.